The van der Waals surface area contributed by atoms with Crippen LogP contribution in [0.5, 0.6) is 0 Å². The van der Waals surface area contributed by atoms with Gasteiger partial charge in [-0.2, -0.15) is 5.10 Å². The molecule has 2 fully saturated rings. The lowest BCUT2D eigenvalue weighted by atomic mass is 9.77. The number of hydrogen-bond donors (Lipinski definition) is 2. The van der Waals surface area contributed by atoms with Gasteiger partial charge in [0.2, 0.25) is 5.91 Å². The van der Waals surface area contributed by atoms with E-state index in [1.165, 1.54) is 23.1 Å². The number of nitrogens with one attached hydrogen (secondary N) is 1. The smallest absolute Gasteiger partial charge is 0.275 e. The van der Waals surface area contributed by atoms with Crippen molar-refractivity contribution in [2.45, 2.75) is 70.1 Å². The molecule has 1 aromatic heterocycles. The Morgan fingerprint density at radius 1 is 1.35 bits per heavy atom. The lowest BCUT2D eigenvalue weighted by Gasteiger charge is -2.41. The number of rotatable bonds is 5. The Hall–Kier alpha value is -2.21. The fourth-order valence-electron chi connectivity index (χ4n) is 3.92. The van der Waals surface area contributed by atoms with Gasteiger partial charge in [0.15, 0.2) is 0 Å². The van der Waals surface area contributed by atoms with Gasteiger partial charge >= 0.3 is 0 Å². The number of carbonyl (C=O) groups excluding carboxylic acids is 1. The Morgan fingerprint density at radius 2 is 2.08 bits per heavy atom. The minimum atomic E-state index is -0.690. The molecule has 138 valence electrons. The van der Waals surface area contributed by atoms with E-state index < -0.39 is 5.60 Å². The zero-order valence-electron chi connectivity index (χ0n) is 15.3. The third-order valence-electron chi connectivity index (χ3n) is 5.48. The first kappa shape index (κ1) is 17.2. The van der Waals surface area contributed by atoms with Crippen LogP contribution in [-0.4, -0.2) is 32.4 Å². The number of fused-ring (bicyclic) bond motifs is 1. The highest BCUT2D eigenvalue weighted by atomic mass is 16.3. The van der Waals surface area contributed by atoms with Crippen molar-refractivity contribution in [3.05, 3.63) is 39.8 Å². The monoisotopic (exact) mass is 355 g/mol. The number of aryl methyl sites for hydroxylation is 1. The van der Waals surface area contributed by atoms with E-state index in [-0.39, 0.29) is 24.1 Å². The molecule has 2 aromatic rings. The van der Waals surface area contributed by atoms with Crippen LogP contribution in [-0.2, 0) is 17.8 Å². The van der Waals surface area contributed by atoms with E-state index in [4.69, 9.17) is 0 Å². The molecule has 0 saturated heterocycles. The Bertz CT molecular complexity index is 920. The topological polar surface area (TPSA) is 84.2 Å². The number of aliphatic hydroxyl groups is 1. The van der Waals surface area contributed by atoms with Gasteiger partial charge in [0.05, 0.1) is 16.7 Å². The van der Waals surface area contributed by atoms with Gasteiger partial charge in [0.1, 0.15) is 6.54 Å². The second-order valence-corrected chi connectivity index (χ2v) is 8.01. The molecule has 1 heterocycles. The Morgan fingerprint density at radius 3 is 2.69 bits per heavy atom. The average molecular weight is 355 g/mol. The Balaban J connectivity index is 1.59. The van der Waals surface area contributed by atoms with E-state index in [0.717, 1.165) is 11.1 Å². The summed E-state index contributed by atoms with van der Waals surface area (Å²) in [4.78, 5) is 25.1. The third-order valence-corrected chi connectivity index (χ3v) is 5.48. The second-order valence-electron chi connectivity index (χ2n) is 8.01. The lowest BCUT2D eigenvalue weighted by molar-refractivity contribution is -0.125. The van der Waals surface area contributed by atoms with Gasteiger partial charge < -0.3 is 10.4 Å². The number of benzene rings is 1. The van der Waals surface area contributed by atoms with Crippen molar-refractivity contribution in [1.82, 2.24) is 15.1 Å². The minimum absolute atomic E-state index is 0.0274. The molecule has 1 amide bonds. The quantitative estimate of drug-likeness (QED) is 0.857. The molecule has 0 bridgehead atoms. The van der Waals surface area contributed by atoms with Crippen molar-refractivity contribution in [2.75, 3.05) is 0 Å². The maximum Gasteiger partial charge on any atom is 0.275 e. The maximum atomic E-state index is 12.8. The summed E-state index contributed by atoms with van der Waals surface area (Å²) in [7, 11) is 0. The van der Waals surface area contributed by atoms with Crippen molar-refractivity contribution < 1.29 is 9.90 Å². The normalized spacial score (nSPS) is 25.1. The largest absolute Gasteiger partial charge is 0.390 e. The predicted octanol–water partition coefficient (Wildman–Crippen LogP) is 1.87. The summed E-state index contributed by atoms with van der Waals surface area (Å²) in [6.07, 6.45) is 4.22. The molecule has 0 atom stereocenters. The van der Waals surface area contributed by atoms with Gasteiger partial charge in [-0.05, 0) is 62.6 Å². The van der Waals surface area contributed by atoms with Crippen LogP contribution in [0.25, 0.3) is 10.8 Å². The fraction of sp³-hybridized carbons (Fsp3) is 0.550. The molecule has 0 spiro atoms. The van der Waals surface area contributed by atoms with E-state index >= 15 is 0 Å². The molecule has 0 radical (unpaired) electrons. The molecule has 26 heavy (non-hydrogen) atoms. The maximum absolute atomic E-state index is 12.8. The number of nitrogens with zero attached hydrogens (tertiary/aromatic N) is 2. The van der Waals surface area contributed by atoms with Crippen LogP contribution >= 0.6 is 0 Å². The molecule has 4 rings (SSSR count). The molecule has 2 aliphatic rings. The summed E-state index contributed by atoms with van der Waals surface area (Å²) in [5.41, 5.74) is 1.21. The molecule has 2 aliphatic carbocycles. The summed E-state index contributed by atoms with van der Waals surface area (Å²) in [6.45, 7) is 3.68. The van der Waals surface area contributed by atoms with Gasteiger partial charge in [-0.1, -0.05) is 13.0 Å². The van der Waals surface area contributed by atoms with Gasteiger partial charge in [0.25, 0.3) is 5.56 Å². The first-order valence-electron chi connectivity index (χ1n) is 9.41. The van der Waals surface area contributed by atoms with E-state index in [2.05, 4.69) is 16.5 Å². The lowest BCUT2D eigenvalue weighted by Crippen LogP contribution is -2.54. The summed E-state index contributed by atoms with van der Waals surface area (Å²) in [5, 5.41) is 18.6. The molecule has 6 nitrogen and oxygen atoms in total. The van der Waals surface area contributed by atoms with Crippen LogP contribution in [0.2, 0.25) is 0 Å². The standard InChI is InChI=1S/C20H25N3O3/c1-3-17-16-8-13(12-4-5-12)6-7-15(16)19(25)23(22-17)11-18(24)21-14-9-20(2,26)10-14/h6-8,12,14,26H,3-5,9-11H2,1-2H3,(H,21,24). The highest BCUT2D eigenvalue weighted by molar-refractivity contribution is 5.85. The predicted molar refractivity (Wildman–Crippen MR) is 99.1 cm³/mol. The number of hydrogen-bond acceptors (Lipinski definition) is 4. The number of amides is 1. The third kappa shape index (κ3) is 3.26. The minimum Gasteiger partial charge on any atom is -0.390 e. The van der Waals surface area contributed by atoms with Crippen molar-refractivity contribution in [3.63, 3.8) is 0 Å². The van der Waals surface area contributed by atoms with Crippen LogP contribution in [0.1, 0.15) is 56.7 Å². The van der Waals surface area contributed by atoms with Gasteiger partial charge in [-0.25, -0.2) is 4.68 Å². The van der Waals surface area contributed by atoms with E-state index in [9.17, 15) is 14.7 Å². The first-order valence-corrected chi connectivity index (χ1v) is 9.41. The first-order chi connectivity index (χ1) is 12.4. The average Bonchev–Trinajstić information content (AvgIpc) is 3.40. The zero-order chi connectivity index (χ0) is 18.5. The molecule has 2 N–H and O–H groups in total. The summed E-state index contributed by atoms with van der Waals surface area (Å²) >= 11 is 0. The highest BCUT2D eigenvalue weighted by Crippen LogP contribution is 2.40. The van der Waals surface area contributed by atoms with Crippen molar-refractivity contribution in [1.29, 1.82) is 0 Å². The van der Waals surface area contributed by atoms with E-state index in [1.54, 1.807) is 6.92 Å². The molecule has 6 heteroatoms. The SMILES string of the molecule is CCc1nn(CC(=O)NC2CC(C)(O)C2)c(=O)c2ccc(C3CC3)cc12. The summed E-state index contributed by atoms with van der Waals surface area (Å²) in [5.74, 6) is 0.383. The second kappa shape index (κ2) is 6.20. The number of aromatic nitrogens is 2. The zero-order valence-corrected chi connectivity index (χ0v) is 15.3. The summed E-state index contributed by atoms with van der Waals surface area (Å²) < 4.78 is 1.27. The highest BCUT2D eigenvalue weighted by Gasteiger charge is 2.39. The van der Waals surface area contributed by atoms with Crippen LogP contribution in [0, 0.1) is 0 Å². The van der Waals surface area contributed by atoms with Crippen LogP contribution < -0.4 is 10.9 Å². The summed E-state index contributed by atoms with van der Waals surface area (Å²) in [6, 6.07) is 5.98. The fourth-order valence-corrected chi connectivity index (χ4v) is 3.92. The Kier molecular flexibility index (Phi) is 4.10. The molecular formula is C20H25N3O3. The Labute approximate surface area is 152 Å². The molecule has 2 saturated carbocycles. The van der Waals surface area contributed by atoms with Crippen LogP contribution in [0.15, 0.2) is 23.0 Å². The van der Waals surface area contributed by atoms with Crippen LogP contribution in [0.3, 0.4) is 0 Å². The number of carbonyl (C=O) groups is 1. The van der Waals surface area contributed by atoms with Gasteiger partial charge in [0, 0.05) is 11.4 Å². The molecule has 1 aromatic carbocycles. The van der Waals surface area contributed by atoms with Crippen LogP contribution in [0.4, 0.5) is 0 Å². The van der Waals surface area contributed by atoms with Crippen molar-refractivity contribution in [2.24, 2.45) is 0 Å². The van der Waals surface area contributed by atoms with Gasteiger partial charge in [-0.15, -0.1) is 0 Å². The van der Waals surface area contributed by atoms with Crippen molar-refractivity contribution in [3.8, 4) is 0 Å². The molecular weight excluding hydrogens is 330 g/mol. The molecule has 0 unspecified atom stereocenters. The van der Waals surface area contributed by atoms with E-state index in [0.29, 0.717) is 30.6 Å². The van der Waals surface area contributed by atoms with E-state index in [1.807, 2.05) is 19.1 Å². The van der Waals surface area contributed by atoms with Crippen molar-refractivity contribution >= 4 is 16.7 Å². The molecule has 0 aliphatic heterocycles. The van der Waals surface area contributed by atoms with Gasteiger partial charge in [-0.3, -0.25) is 9.59 Å².